The SMILES string of the molecule is Cc1ccc(CNC(=O)c2cc3cccnc3n(CC(=O)NCc3cc(=O)[nH]o3)c2=O)cc1. The van der Waals surface area contributed by atoms with Crippen LogP contribution in [0, 0.1) is 6.92 Å². The molecule has 10 heteroatoms. The standard InChI is InChI=1S/C23H21N5O5/c1-14-4-6-15(7-5-14)11-26-22(31)18-9-16-3-2-8-24-21(16)28(23(18)32)13-20(30)25-12-17-10-19(29)27-33-17/h2-10H,11-13H2,1H3,(H,25,30)(H,26,31)(H,27,29). The number of H-pyrrole nitrogens is 1. The molecule has 3 aromatic heterocycles. The maximum absolute atomic E-state index is 13.1. The number of benzene rings is 1. The van der Waals surface area contributed by atoms with E-state index >= 15 is 0 Å². The largest absolute Gasteiger partial charge is 0.382 e. The van der Waals surface area contributed by atoms with E-state index in [9.17, 15) is 19.2 Å². The number of aryl methyl sites for hydroxylation is 1. The van der Waals surface area contributed by atoms with Crippen molar-refractivity contribution in [2.45, 2.75) is 26.6 Å². The average Bonchev–Trinajstić information content (AvgIpc) is 3.24. The molecule has 0 saturated heterocycles. The second-order valence-electron chi connectivity index (χ2n) is 7.49. The molecule has 10 nitrogen and oxygen atoms in total. The number of aromatic nitrogens is 3. The van der Waals surface area contributed by atoms with Crippen LogP contribution in [0.1, 0.15) is 27.2 Å². The summed E-state index contributed by atoms with van der Waals surface area (Å²) in [5.41, 5.74) is 1.13. The van der Waals surface area contributed by atoms with E-state index in [1.807, 2.05) is 31.2 Å². The summed E-state index contributed by atoms with van der Waals surface area (Å²) < 4.78 is 6.04. The molecule has 0 spiro atoms. The number of fused-ring (bicyclic) bond motifs is 1. The van der Waals surface area contributed by atoms with Gasteiger partial charge in [-0.25, -0.2) is 4.98 Å². The van der Waals surface area contributed by atoms with Gasteiger partial charge >= 0.3 is 0 Å². The van der Waals surface area contributed by atoms with E-state index in [4.69, 9.17) is 4.52 Å². The van der Waals surface area contributed by atoms with Crippen molar-refractivity contribution >= 4 is 22.8 Å². The molecule has 1 aromatic carbocycles. The number of nitrogens with zero attached hydrogens (tertiary/aromatic N) is 2. The van der Waals surface area contributed by atoms with Crippen molar-refractivity contribution < 1.29 is 14.1 Å². The minimum Gasteiger partial charge on any atom is -0.382 e. The van der Waals surface area contributed by atoms with Crippen LogP contribution in [0.2, 0.25) is 0 Å². The summed E-state index contributed by atoms with van der Waals surface area (Å²) >= 11 is 0. The second kappa shape index (κ2) is 9.35. The predicted octanol–water partition coefficient (Wildman–Crippen LogP) is 1.23. The van der Waals surface area contributed by atoms with Crippen molar-refractivity contribution in [2.24, 2.45) is 0 Å². The number of hydrogen-bond acceptors (Lipinski definition) is 6. The monoisotopic (exact) mass is 447 g/mol. The Kier molecular flexibility index (Phi) is 6.16. The second-order valence-corrected chi connectivity index (χ2v) is 7.49. The van der Waals surface area contributed by atoms with Crippen molar-refractivity contribution in [3.8, 4) is 0 Å². The fourth-order valence-corrected chi connectivity index (χ4v) is 3.29. The normalized spacial score (nSPS) is 10.8. The molecular formula is C23H21N5O5. The van der Waals surface area contributed by atoms with Gasteiger partial charge in [-0.2, -0.15) is 5.16 Å². The third kappa shape index (κ3) is 5.06. The zero-order chi connectivity index (χ0) is 23.4. The summed E-state index contributed by atoms with van der Waals surface area (Å²) in [4.78, 5) is 53.7. The molecule has 0 bridgehead atoms. The number of pyridine rings is 2. The highest BCUT2D eigenvalue weighted by Crippen LogP contribution is 2.11. The average molecular weight is 447 g/mol. The fraction of sp³-hybridized carbons (Fsp3) is 0.174. The van der Waals surface area contributed by atoms with Gasteiger partial charge in [0, 0.05) is 24.2 Å². The van der Waals surface area contributed by atoms with Crippen LogP contribution in [0.3, 0.4) is 0 Å². The van der Waals surface area contributed by atoms with Crippen LogP contribution in [-0.2, 0) is 24.4 Å². The van der Waals surface area contributed by atoms with Gasteiger partial charge in [0.15, 0.2) is 5.76 Å². The van der Waals surface area contributed by atoms with E-state index in [1.54, 1.807) is 12.1 Å². The molecule has 0 aliphatic heterocycles. The smallest absolute Gasteiger partial charge is 0.280 e. The van der Waals surface area contributed by atoms with Gasteiger partial charge in [-0.15, -0.1) is 0 Å². The Hall–Kier alpha value is -4.47. The summed E-state index contributed by atoms with van der Waals surface area (Å²) in [6.45, 7) is 1.83. The van der Waals surface area contributed by atoms with Gasteiger partial charge < -0.3 is 15.2 Å². The van der Waals surface area contributed by atoms with E-state index in [-0.39, 0.29) is 36.6 Å². The summed E-state index contributed by atoms with van der Waals surface area (Å²) in [7, 11) is 0. The third-order valence-electron chi connectivity index (χ3n) is 5.00. The van der Waals surface area contributed by atoms with Crippen molar-refractivity contribution in [3.05, 3.63) is 97.9 Å². The topological polar surface area (TPSA) is 139 Å². The Bertz CT molecular complexity index is 1430. The Morgan fingerprint density at radius 2 is 1.85 bits per heavy atom. The zero-order valence-electron chi connectivity index (χ0n) is 17.8. The lowest BCUT2D eigenvalue weighted by Gasteiger charge is -2.12. The van der Waals surface area contributed by atoms with Gasteiger partial charge in [0.1, 0.15) is 17.8 Å². The first kappa shape index (κ1) is 21.8. The van der Waals surface area contributed by atoms with Crippen LogP contribution in [0.15, 0.2) is 68.8 Å². The first-order chi connectivity index (χ1) is 15.9. The lowest BCUT2D eigenvalue weighted by Crippen LogP contribution is -2.37. The zero-order valence-corrected chi connectivity index (χ0v) is 17.8. The van der Waals surface area contributed by atoms with Crippen molar-refractivity contribution in [1.29, 1.82) is 0 Å². The van der Waals surface area contributed by atoms with E-state index in [2.05, 4.69) is 20.8 Å². The molecule has 4 rings (SSSR count). The number of carbonyl (C=O) groups excluding carboxylic acids is 2. The van der Waals surface area contributed by atoms with Crippen LogP contribution >= 0.6 is 0 Å². The van der Waals surface area contributed by atoms with Crippen molar-refractivity contribution in [3.63, 3.8) is 0 Å². The Labute approximate surface area is 187 Å². The number of nitrogens with one attached hydrogen (secondary N) is 3. The Morgan fingerprint density at radius 3 is 2.58 bits per heavy atom. The molecule has 33 heavy (non-hydrogen) atoms. The minimum absolute atomic E-state index is 0.0333. The Morgan fingerprint density at radius 1 is 1.06 bits per heavy atom. The third-order valence-corrected chi connectivity index (χ3v) is 5.00. The van der Waals surface area contributed by atoms with Crippen LogP contribution in [0.4, 0.5) is 0 Å². The van der Waals surface area contributed by atoms with Crippen LogP contribution in [0.5, 0.6) is 0 Å². The molecular weight excluding hydrogens is 426 g/mol. The van der Waals surface area contributed by atoms with Crippen molar-refractivity contribution in [1.82, 2.24) is 25.3 Å². The molecule has 3 heterocycles. The van der Waals surface area contributed by atoms with E-state index in [1.165, 1.54) is 18.3 Å². The molecule has 4 aromatic rings. The van der Waals surface area contributed by atoms with E-state index < -0.39 is 22.9 Å². The Balaban J connectivity index is 1.56. The first-order valence-electron chi connectivity index (χ1n) is 10.2. The number of hydrogen-bond donors (Lipinski definition) is 3. The summed E-state index contributed by atoms with van der Waals surface area (Å²) in [5.74, 6) is -0.812. The molecule has 2 amide bonds. The summed E-state index contributed by atoms with van der Waals surface area (Å²) in [5, 5.41) is 8.00. The summed E-state index contributed by atoms with van der Waals surface area (Å²) in [6, 6.07) is 13.7. The lowest BCUT2D eigenvalue weighted by molar-refractivity contribution is -0.121. The molecule has 0 fully saturated rings. The quantitative estimate of drug-likeness (QED) is 0.389. The number of rotatable bonds is 7. The number of amides is 2. The fourth-order valence-electron chi connectivity index (χ4n) is 3.29. The number of carbonyl (C=O) groups is 2. The van der Waals surface area contributed by atoms with Gasteiger partial charge in [-0.1, -0.05) is 29.8 Å². The molecule has 3 N–H and O–H groups in total. The molecule has 0 atom stereocenters. The predicted molar refractivity (Wildman–Crippen MR) is 120 cm³/mol. The van der Waals surface area contributed by atoms with Crippen LogP contribution < -0.4 is 21.8 Å². The maximum atomic E-state index is 13.1. The highest BCUT2D eigenvalue weighted by Gasteiger charge is 2.18. The van der Waals surface area contributed by atoms with E-state index in [0.717, 1.165) is 15.7 Å². The van der Waals surface area contributed by atoms with Gasteiger partial charge in [-0.05, 0) is 30.7 Å². The molecule has 0 radical (unpaired) electrons. The molecule has 0 aliphatic rings. The molecule has 0 unspecified atom stereocenters. The molecule has 168 valence electrons. The summed E-state index contributed by atoms with van der Waals surface area (Å²) in [6.07, 6.45) is 1.50. The van der Waals surface area contributed by atoms with E-state index in [0.29, 0.717) is 5.39 Å². The van der Waals surface area contributed by atoms with Crippen molar-refractivity contribution in [2.75, 3.05) is 0 Å². The molecule has 0 saturated carbocycles. The minimum atomic E-state index is -0.633. The first-order valence-corrected chi connectivity index (χ1v) is 10.2. The maximum Gasteiger partial charge on any atom is 0.280 e. The van der Waals surface area contributed by atoms with Gasteiger partial charge in [0.05, 0.1) is 6.54 Å². The van der Waals surface area contributed by atoms with Gasteiger partial charge in [0.2, 0.25) is 5.91 Å². The lowest BCUT2D eigenvalue weighted by atomic mass is 10.1. The molecule has 0 aliphatic carbocycles. The highest BCUT2D eigenvalue weighted by molar-refractivity contribution is 5.97. The number of aromatic amines is 1. The van der Waals surface area contributed by atoms with Gasteiger partial charge in [0.25, 0.3) is 17.0 Å². The highest BCUT2D eigenvalue weighted by atomic mass is 16.5. The van der Waals surface area contributed by atoms with Gasteiger partial charge in [-0.3, -0.25) is 23.7 Å². The van der Waals surface area contributed by atoms with Crippen LogP contribution in [0.25, 0.3) is 11.0 Å². The van der Waals surface area contributed by atoms with Crippen LogP contribution in [-0.4, -0.2) is 26.5 Å².